The first-order chi connectivity index (χ1) is 21.3. The average Bonchev–Trinajstić information content (AvgIpc) is 3.74. The molecule has 0 unspecified atom stereocenters. The molecule has 0 saturated carbocycles. The van der Waals surface area contributed by atoms with Crippen LogP contribution in [0.3, 0.4) is 0 Å². The molecule has 2 aliphatic heterocycles. The van der Waals surface area contributed by atoms with Crippen molar-refractivity contribution < 1.29 is 22.4 Å². The Kier molecular flexibility index (Phi) is 8.78. The number of aryl methyl sites for hydroxylation is 1. The number of para-hydroxylation sites is 1. The van der Waals surface area contributed by atoms with Crippen LogP contribution in [0.2, 0.25) is 0 Å². The normalized spacial score (nSPS) is 15.2. The van der Waals surface area contributed by atoms with E-state index < -0.39 is 21.7 Å². The van der Waals surface area contributed by atoms with Crippen molar-refractivity contribution in [2.75, 3.05) is 30.3 Å². The van der Waals surface area contributed by atoms with Crippen LogP contribution in [0.25, 0.3) is 5.69 Å². The Labute approximate surface area is 259 Å². The van der Waals surface area contributed by atoms with E-state index in [9.17, 15) is 22.4 Å². The van der Waals surface area contributed by atoms with E-state index in [-0.39, 0.29) is 23.1 Å². The molecule has 1 N–H and O–H groups in total. The van der Waals surface area contributed by atoms with Gasteiger partial charge in [-0.1, -0.05) is 30.0 Å². The zero-order chi connectivity index (χ0) is 30.7. The number of carbonyl (C=O) groups is 2. The largest absolute Gasteiger partial charge is 0.345 e. The lowest BCUT2D eigenvalue weighted by molar-refractivity contribution is -0.116. The summed E-state index contributed by atoms with van der Waals surface area (Å²) in [5.41, 5.74) is 2.94. The van der Waals surface area contributed by atoms with Gasteiger partial charge in [-0.15, -0.1) is 10.2 Å². The minimum atomic E-state index is -3.58. The molecule has 1 aromatic heterocycles. The maximum atomic E-state index is 13.7. The highest BCUT2D eigenvalue weighted by atomic mass is 32.2. The molecule has 0 spiro atoms. The van der Waals surface area contributed by atoms with Crippen LogP contribution in [-0.2, 0) is 27.8 Å². The molecular formula is C31H31FN6O4S2. The van der Waals surface area contributed by atoms with Crippen molar-refractivity contribution >= 4 is 39.3 Å². The first kappa shape index (κ1) is 30.0. The summed E-state index contributed by atoms with van der Waals surface area (Å²) in [7, 11) is -3.58. The molecule has 13 heteroatoms. The van der Waals surface area contributed by atoms with Gasteiger partial charge in [-0.2, -0.15) is 4.31 Å². The smallest absolute Gasteiger partial charge is 0.251 e. The van der Waals surface area contributed by atoms with Crippen molar-refractivity contribution in [1.82, 2.24) is 24.4 Å². The van der Waals surface area contributed by atoms with Crippen LogP contribution < -0.4 is 10.2 Å². The Morgan fingerprint density at radius 2 is 1.61 bits per heavy atom. The molecule has 3 aromatic carbocycles. The molecule has 0 aliphatic carbocycles. The van der Waals surface area contributed by atoms with Crippen LogP contribution in [0.15, 0.2) is 82.8 Å². The molecule has 1 fully saturated rings. The molecular weight excluding hydrogens is 604 g/mol. The van der Waals surface area contributed by atoms with E-state index in [2.05, 4.69) is 15.5 Å². The minimum absolute atomic E-state index is 0.00888. The summed E-state index contributed by atoms with van der Waals surface area (Å²) in [5, 5.41) is 11.8. The topological polar surface area (TPSA) is 117 Å². The predicted octanol–water partition coefficient (Wildman–Crippen LogP) is 4.19. The third kappa shape index (κ3) is 6.26. The molecule has 6 rings (SSSR count). The molecule has 2 amide bonds. The van der Waals surface area contributed by atoms with E-state index in [1.54, 1.807) is 21.6 Å². The number of hydrogen-bond donors (Lipinski definition) is 1. The summed E-state index contributed by atoms with van der Waals surface area (Å²) < 4.78 is 42.5. The number of rotatable bonds is 9. The van der Waals surface area contributed by atoms with Crippen LogP contribution in [0, 0.1) is 5.82 Å². The van der Waals surface area contributed by atoms with Crippen molar-refractivity contribution in [3.63, 3.8) is 0 Å². The molecule has 2 aliphatic rings. The third-order valence-electron chi connectivity index (χ3n) is 7.75. The van der Waals surface area contributed by atoms with Gasteiger partial charge in [-0.3, -0.25) is 14.2 Å². The van der Waals surface area contributed by atoms with Gasteiger partial charge < -0.3 is 10.2 Å². The van der Waals surface area contributed by atoms with E-state index >= 15 is 0 Å². The number of fused-ring (bicyclic) bond motifs is 1. The van der Waals surface area contributed by atoms with Crippen molar-refractivity contribution in [2.45, 2.75) is 42.3 Å². The number of carbonyl (C=O) groups excluding carboxylic acids is 2. The highest BCUT2D eigenvalue weighted by Crippen LogP contribution is 2.29. The maximum Gasteiger partial charge on any atom is 0.251 e. The van der Waals surface area contributed by atoms with Crippen molar-refractivity contribution in [3.8, 4) is 5.69 Å². The second kappa shape index (κ2) is 12.9. The number of nitrogens with zero attached hydrogens (tertiary/aromatic N) is 5. The fourth-order valence-electron chi connectivity index (χ4n) is 5.47. The Bertz CT molecular complexity index is 1770. The van der Waals surface area contributed by atoms with Crippen molar-refractivity contribution in [1.29, 1.82) is 0 Å². The predicted molar refractivity (Wildman–Crippen MR) is 165 cm³/mol. The number of benzene rings is 3. The van der Waals surface area contributed by atoms with Crippen LogP contribution in [-0.4, -0.2) is 64.7 Å². The minimum Gasteiger partial charge on any atom is -0.345 e. The number of amides is 2. The van der Waals surface area contributed by atoms with Crippen molar-refractivity contribution in [3.05, 3.63) is 95.6 Å². The van der Waals surface area contributed by atoms with Crippen LogP contribution >= 0.6 is 11.8 Å². The number of hydrogen-bond acceptors (Lipinski definition) is 7. The lowest BCUT2D eigenvalue weighted by Gasteiger charge is -2.29. The standard InChI is InChI=1S/C31H31FN6O4S2/c32-24-11-13-25(14-12-24)38-28(20-33-30(40)23-9-15-26(16-10-23)44(41,42)36-17-3-4-18-36)34-35-31(38)43-21-29(39)37-19-5-7-22-6-1-2-8-27(22)37/h1-2,6,8-16H,3-5,7,17-21H2,(H,33,40). The maximum absolute atomic E-state index is 13.7. The van der Waals surface area contributed by atoms with Gasteiger partial charge in [-0.05, 0) is 85.8 Å². The van der Waals surface area contributed by atoms with Crippen LogP contribution in [0.1, 0.15) is 41.0 Å². The summed E-state index contributed by atoms with van der Waals surface area (Å²) >= 11 is 1.22. The fraction of sp³-hybridized carbons (Fsp3) is 0.290. The van der Waals surface area contributed by atoms with Gasteiger partial charge in [0.1, 0.15) is 5.82 Å². The Morgan fingerprint density at radius 1 is 0.886 bits per heavy atom. The van der Waals surface area contributed by atoms with Gasteiger partial charge in [0.2, 0.25) is 15.9 Å². The summed E-state index contributed by atoms with van der Waals surface area (Å²) in [5.74, 6) is -0.374. The number of halogens is 1. The number of aromatic nitrogens is 3. The summed E-state index contributed by atoms with van der Waals surface area (Å²) in [6, 6.07) is 19.5. The van der Waals surface area contributed by atoms with E-state index in [1.807, 2.05) is 24.3 Å². The highest BCUT2D eigenvalue weighted by molar-refractivity contribution is 7.99. The molecule has 0 bridgehead atoms. The van der Waals surface area contributed by atoms with Gasteiger partial charge in [0.25, 0.3) is 5.91 Å². The van der Waals surface area contributed by atoms with Gasteiger partial charge in [-0.25, -0.2) is 12.8 Å². The molecule has 0 atom stereocenters. The van der Waals surface area contributed by atoms with Crippen LogP contribution in [0.5, 0.6) is 0 Å². The number of thioether (sulfide) groups is 1. The zero-order valence-electron chi connectivity index (χ0n) is 23.9. The third-order valence-corrected chi connectivity index (χ3v) is 10.6. The second-order valence-corrected chi connectivity index (χ2v) is 13.5. The lowest BCUT2D eigenvalue weighted by atomic mass is 10.0. The number of sulfonamides is 1. The summed E-state index contributed by atoms with van der Waals surface area (Å²) in [6.45, 7) is 1.63. The number of nitrogens with one attached hydrogen (secondary N) is 1. The van der Waals surface area contributed by atoms with Gasteiger partial charge in [0.05, 0.1) is 17.2 Å². The summed E-state index contributed by atoms with van der Waals surface area (Å²) in [6.07, 6.45) is 3.50. The van der Waals surface area contributed by atoms with Gasteiger partial charge >= 0.3 is 0 Å². The quantitative estimate of drug-likeness (QED) is 0.275. The molecule has 3 heterocycles. The molecule has 44 heavy (non-hydrogen) atoms. The van der Waals surface area contributed by atoms with E-state index in [4.69, 9.17) is 0 Å². The summed E-state index contributed by atoms with van der Waals surface area (Å²) in [4.78, 5) is 28.2. The SMILES string of the molecule is O=C(NCc1nnc(SCC(=O)N2CCCc3ccccc32)n1-c1ccc(F)cc1)c1ccc(S(=O)(=O)N2CCCC2)cc1. The molecule has 4 aromatic rings. The fourth-order valence-corrected chi connectivity index (χ4v) is 7.84. The first-order valence-electron chi connectivity index (χ1n) is 14.4. The van der Waals surface area contributed by atoms with Gasteiger partial charge in [0, 0.05) is 36.6 Å². The van der Waals surface area contributed by atoms with Crippen molar-refractivity contribution in [2.24, 2.45) is 0 Å². The average molecular weight is 635 g/mol. The molecule has 10 nitrogen and oxygen atoms in total. The Balaban J connectivity index is 1.16. The first-order valence-corrected chi connectivity index (χ1v) is 16.8. The van der Waals surface area contributed by atoms with Gasteiger partial charge in [0.15, 0.2) is 11.0 Å². The Morgan fingerprint density at radius 3 is 2.36 bits per heavy atom. The zero-order valence-corrected chi connectivity index (χ0v) is 25.5. The molecule has 228 valence electrons. The number of anilines is 1. The van der Waals surface area contributed by atoms with E-state index in [0.29, 0.717) is 41.9 Å². The molecule has 0 radical (unpaired) electrons. The van der Waals surface area contributed by atoms with E-state index in [0.717, 1.165) is 36.9 Å². The lowest BCUT2D eigenvalue weighted by Crippen LogP contribution is -2.36. The van der Waals surface area contributed by atoms with E-state index in [1.165, 1.54) is 52.5 Å². The highest BCUT2D eigenvalue weighted by Gasteiger charge is 2.27. The Hall–Kier alpha value is -4.07. The monoisotopic (exact) mass is 634 g/mol. The molecule has 1 saturated heterocycles. The second-order valence-electron chi connectivity index (χ2n) is 10.6. The van der Waals surface area contributed by atoms with Crippen LogP contribution in [0.4, 0.5) is 10.1 Å².